The van der Waals surface area contributed by atoms with Crippen LogP contribution in [-0.4, -0.2) is 77.9 Å². The maximum Gasteiger partial charge on any atom is 0.255 e. The van der Waals surface area contributed by atoms with E-state index in [4.69, 9.17) is 9.47 Å². The van der Waals surface area contributed by atoms with Gasteiger partial charge in [0.25, 0.3) is 5.91 Å². The first-order valence-corrected chi connectivity index (χ1v) is 12.1. The highest BCUT2D eigenvalue weighted by atomic mass is 32.1. The third-order valence-corrected chi connectivity index (χ3v) is 7.07. The van der Waals surface area contributed by atoms with Gasteiger partial charge in [0.05, 0.1) is 23.2 Å². The lowest BCUT2D eigenvalue weighted by Crippen LogP contribution is -2.42. The van der Waals surface area contributed by atoms with Crippen LogP contribution in [0.1, 0.15) is 45.4 Å². The van der Waals surface area contributed by atoms with Crippen LogP contribution in [0, 0.1) is 5.92 Å². The second kappa shape index (κ2) is 11.0. The van der Waals surface area contributed by atoms with E-state index in [-0.39, 0.29) is 30.2 Å². The fraction of sp³-hybridized carbons (Fsp3) is 0.500. The Hall–Kier alpha value is -2.62. The summed E-state index contributed by atoms with van der Waals surface area (Å²) in [4.78, 5) is 46.1. The van der Waals surface area contributed by atoms with Gasteiger partial charge in [-0.1, -0.05) is 6.07 Å². The Labute approximate surface area is 197 Å². The van der Waals surface area contributed by atoms with Gasteiger partial charge in [-0.3, -0.25) is 19.4 Å². The molecule has 1 atom stereocenters. The minimum atomic E-state index is -0.327. The van der Waals surface area contributed by atoms with E-state index in [9.17, 15) is 14.4 Å². The summed E-state index contributed by atoms with van der Waals surface area (Å²) in [6.07, 6.45) is 4.98. The Morgan fingerprint density at radius 1 is 1.27 bits per heavy atom. The number of carbonyl (C=O) groups excluding carboxylic acids is 3. The first-order chi connectivity index (χ1) is 16.0. The van der Waals surface area contributed by atoms with Crippen LogP contribution in [0.2, 0.25) is 0 Å². The predicted molar refractivity (Wildman–Crippen MR) is 123 cm³/mol. The van der Waals surface area contributed by atoms with Crippen LogP contribution >= 0.6 is 11.3 Å². The third kappa shape index (κ3) is 6.25. The van der Waals surface area contributed by atoms with Crippen molar-refractivity contribution in [3.63, 3.8) is 0 Å². The first-order valence-electron chi connectivity index (χ1n) is 11.2. The zero-order chi connectivity index (χ0) is 23.2. The van der Waals surface area contributed by atoms with E-state index in [1.54, 1.807) is 28.7 Å². The number of hydrogen-bond donors (Lipinski definition) is 0. The van der Waals surface area contributed by atoms with Gasteiger partial charge in [-0.15, -0.1) is 11.3 Å². The van der Waals surface area contributed by atoms with Gasteiger partial charge in [0.1, 0.15) is 6.54 Å². The van der Waals surface area contributed by atoms with E-state index < -0.39 is 0 Å². The molecule has 2 amide bonds. The van der Waals surface area contributed by atoms with Gasteiger partial charge in [0.2, 0.25) is 5.91 Å². The molecule has 9 heteroatoms. The van der Waals surface area contributed by atoms with Crippen molar-refractivity contribution < 1.29 is 23.9 Å². The molecule has 176 valence electrons. The molecule has 0 unspecified atom stereocenters. The maximum absolute atomic E-state index is 13.2. The maximum atomic E-state index is 13.2. The lowest BCUT2D eigenvalue weighted by molar-refractivity contribution is -0.132. The Morgan fingerprint density at radius 3 is 2.79 bits per heavy atom. The summed E-state index contributed by atoms with van der Waals surface area (Å²) in [6.45, 7) is 4.65. The molecule has 0 aliphatic carbocycles. The number of ether oxygens (including phenoxy) is 2. The molecule has 2 saturated heterocycles. The molecule has 8 nitrogen and oxygen atoms in total. The summed E-state index contributed by atoms with van der Waals surface area (Å²) in [6, 6.07) is 5.40. The van der Waals surface area contributed by atoms with E-state index in [0.29, 0.717) is 42.6 Å². The fourth-order valence-electron chi connectivity index (χ4n) is 4.17. The zero-order valence-electron chi connectivity index (χ0n) is 18.8. The van der Waals surface area contributed by atoms with Crippen LogP contribution in [0.5, 0.6) is 0 Å². The number of rotatable bonds is 7. The Bertz CT molecular complexity index is 973. The smallest absolute Gasteiger partial charge is 0.255 e. The molecule has 0 saturated carbocycles. The van der Waals surface area contributed by atoms with Gasteiger partial charge in [0, 0.05) is 50.6 Å². The van der Waals surface area contributed by atoms with E-state index in [2.05, 4.69) is 4.98 Å². The van der Waals surface area contributed by atoms with Gasteiger partial charge >= 0.3 is 0 Å². The van der Waals surface area contributed by atoms with Crippen LogP contribution in [0.4, 0.5) is 0 Å². The number of amides is 2. The SMILES string of the molecule is CC(=O)c1cc(C(=O)N2CC(=O)N(CC3CCOCC3)C[C@@H](OCc3cccnc3)C2)cs1. The number of aromatic nitrogens is 1. The molecule has 2 aliphatic rings. The molecule has 0 radical (unpaired) electrons. The van der Waals surface area contributed by atoms with Gasteiger partial charge in [0.15, 0.2) is 5.78 Å². The van der Waals surface area contributed by atoms with Crippen LogP contribution in [-0.2, 0) is 20.9 Å². The highest BCUT2D eigenvalue weighted by Gasteiger charge is 2.33. The molecule has 4 heterocycles. The quantitative estimate of drug-likeness (QED) is 0.577. The van der Waals surface area contributed by atoms with Gasteiger partial charge < -0.3 is 19.3 Å². The summed E-state index contributed by atoms with van der Waals surface area (Å²) < 4.78 is 11.6. The van der Waals surface area contributed by atoms with Crippen molar-refractivity contribution >= 4 is 28.9 Å². The lowest BCUT2D eigenvalue weighted by atomic mass is 9.99. The Morgan fingerprint density at radius 2 is 2.09 bits per heavy atom. The Balaban J connectivity index is 1.49. The number of ketones is 1. The van der Waals surface area contributed by atoms with Crippen LogP contribution < -0.4 is 0 Å². The number of hydrogen-bond acceptors (Lipinski definition) is 7. The molecule has 0 bridgehead atoms. The van der Waals surface area contributed by atoms with Crippen LogP contribution in [0.15, 0.2) is 36.0 Å². The zero-order valence-corrected chi connectivity index (χ0v) is 19.6. The summed E-state index contributed by atoms with van der Waals surface area (Å²) in [7, 11) is 0. The van der Waals surface area contributed by atoms with Crippen molar-refractivity contribution in [2.45, 2.75) is 32.5 Å². The minimum absolute atomic E-state index is 0.0000568. The van der Waals surface area contributed by atoms with Crippen molar-refractivity contribution in [3.05, 3.63) is 52.0 Å². The normalized spacial score (nSPS) is 20.0. The van der Waals surface area contributed by atoms with Crippen molar-refractivity contribution in [1.29, 1.82) is 0 Å². The Kier molecular flexibility index (Phi) is 7.85. The minimum Gasteiger partial charge on any atom is -0.381 e. The molecular weight excluding hydrogens is 442 g/mol. The number of thiophene rings is 1. The van der Waals surface area contributed by atoms with E-state index >= 15 is 0 Å². The van der Waals surface area contributed by atoms with Crippen molar-refractivity contribution in [2.24, 2.45) is 5.92 Å². The van der Waals surface area contributed by atoms with Gasteiger partial charge in [-0.25, -0.2) is 0 Å². The topological polar surface area (TPSA) is 89.0 Å². The summed E-state index contributed by atoms with van der Waals surface area (Å²) in [5, 5.41) is 1.68. The number of Topliss-reactive ketones (excluding diaryl/α,β-unsaturated/α-hetero) is 1. The van der Waals surface area contributed by atoms with Crippen LogP contribution in [0.25, 0.3) is 0 Å². The van der Waals surface area contributed by atoms with Gasteiger partial charge in [-0.2, -0.15) is 0 Å². The second-order valence-electron chi connectivity index (χ2n) is 8.59. The standard InChI is InChI=1S/C24H29N3O5S/c1-17(28)22-9-20(16-33-22)24(30)27-13-21(32-15-19-3-2-6-25-10-19)12-26(23(29)14-27)11-18-4-7-31-8-5-18/h2-3,6,9-10,16,18,21H,4-5,7-8,11-15H2,1H3/t21-/m1/s1. The van der Waals surface area contributed by atoms with E-state index in [1.165, 1.54) is 18.3 Å². The van der Waals surface area contributed by atoms with Crippen LogP contribution in [0.3, 0.4) is 0 Å². The van der Waals surface area contributed by atoms with E-state index in [1.807, 2.05) is 17.0 Å². The average Bonchev–Trinajstić information content (AvgIpc) is 3.27. The summed E-state index contributed by atoms with van der Waals surface area (Å²) in [5.74, 6) is -0.0235. The fourth-order valence-corrected chi connectivity index (χ4v) is 4.95. The number of carbonyl (C=O) groups is 3. The second-order valence-corrected chi connectivity index (χ2v) is 9.50. The molecule has 0 N–H and O–H groups in total. The number of pyridine rings is 1. The predicted octanol–water partition coefficient (Wildman–Crippen LogP) is 2.64. The molecule has 4 rings (SSSR count). The molecule has 0 spiro atoms. The van der Waals surface area contributed by atoms with Gasteiger partial charge in [-0.05, 0) is 43.4 Å². The highest BCUT2D eigenvalue weighted by Crippen LogP contribution is 2.21. The van der Waals surface area contributed by atoms with Crippen molar-refractivity contribution in [2.75, 3.05) is 39.4 Å². The summed E-state index contributed by atoms with van der Waals surface area (Å²) in [5.41, 5.74) is 1.37. The molecule has 0 aromatic carbocycles. The highest BCUT2D eigenvalue weighted by molar-refractivity contribution is 7.12. The molecule has 2 aromatic heterocycles. The van der Waals surface area contributed by atoms with Crippen molar-refractivity contribution in [3.8, 4) is 0 Å². The molecule has 2 aliphatic heterocycles. The number of nitrogens with zero attached hydrogens (tertiary/aromatic N) is 3. The molecule has 2 aromatic rings. The van der Waals surface area contributed by atoms with E-state index in [0.717, 1.165) is 31.6 Å². The first kappa shape index (κ1) is 23.5. The molecular formula is C24H29N3O5S. The summed E-state index contributed by atoms with van der Waals surface area (Å²) >= 11 is 1.25. The molecule has 33 heavy (non-hydrogen) atoms. The lowest BCUT2D eigenvalue weighted by Gasteiger charge is -2.30. The largest absolute Gasteiger partial charge is 0.381 e. The molecule has 2 fully saturated rings. The third-order valence-electron chi connectivity index (χ3n) is 6.04. The monoisotopic (exact) mass is 471 g/mol. The van der Waals surface area contributed by atoms with Crippen molar-refractivity contribution in [1.82, 2.24) is 14.8 Å². The average molecular weight is 472 g/mol.